The van der Waals surface area contributed by atoms with Crippen LogP contribution in [-0.2, 0) is 9.53 Å². The minimum Gasteiger partial charge on any atom is -0.481 e. The number of carbonyl (C=O) groups is 1. The fourth-order valence-electron chi connectivity index (χ4n) is 3.21. The number of aliphatic hydroxyl groups is 1. The molecule has 0 radical (unpaired) electrons. The fourth-order valence-corrected chi connectivity index (χ4v) is 3.21. The number of hydrogen-bond acceptors (Lipinski definition) is 7. The standard InChI is InChI=1S/C20H26N4O4/c1-27-19-7-6-16-20(24-19)13(8-9-22-16)2-3-14-4-5-15(21)17(28-14)12-18(26)23-10-11-25/h2-3,6-9,14-15,17,25H,4-5,10-12,21H2,1H3,(H,23,26)/t14-,15-,17-/m1/s1. The highest BCUT2D eigenvalue weighted by Gasteiger charge is 2.29. The molecule has 3 rings (SSSR count). The molecule has 150 valence electrons. The molecule has 28 heavy (non-hydrogen) atoms. The Morgan fingerprint density at radius 3 is 3.07 bits per heavy atom. The molecule has 0 spiro atoms. The summed E-state index contributed by atoms with van der Waals surface area (Å²) in [5.41, 5.74) is 8.58. The maximum Gasteiger partial charge on any atom is 0.222 e. The molecule has 8 heteroatoms. The summed E-state index contributed by atoms with van der Waals surface area (Å²) in [5.74, 6) is 0.361. The van der Waals surface area contributed by atoms with E-state index in [2.05, 4.69) is 15.3 Å². The molecule has 0 saturated carbocycles. The van der Waals surface area contributed by atoms with Crippen LogP contribution in [0, 0.1) is 0 Å². The molecular formula is C20H26N4O4. The molecule has 1 amide bonds. The molecule has 1 fully saturated rings. The maximum absolute atomic E-state index is 11.9. The summed E-state index contributed by atoms with van der Waals surface area (Å²) in [4.78, 5) is 20.7. The highest BCUT2D eigenvalue weighted by Crippen LogP contribution is 2.24. The third-order valence-corrected chi connectivity index (χ3v) is 4.72. The van der Waals surface area contributed by atoms with Gasteiger partial charge in [0.1, 0.15) is 0 Å². The third kappa shape index (κ3) is 5.03. The number of nitrogens with one attached hydrogen (secondary N) is 1. The van der Waals surface area contributed by atoms with Gasteiger partial charge >= 0.3 is 0 Å². The van der Waals surface area contributed by atoms with Crippen LogP contribution in [0.25, 0.3) is 17.1 Å². The number of carbonyl (C=O) groups excluding carboxylic acids is 1. The number of amides is 1. The highest BCUT2D eigenvalue weighted by molar-refractivity contribution is 5.84. The first-order chi connectivity index (χ1) is 13.6. The summed E-state index contributed by atoms with van der Waals surface area (Å²) in [6.45, 7) is 0.142. The molecule has 3 atom stereocenters. The molecule has 0 unspecified atom stereocenters. The van der Waals surface area contributed by atoms with E-state index in [1.165, 1.54) is 0 Å². The van der Waals surface area contributed by atoms with Crippen LogP contribution in [0.3, 0.4) is 0 Å². The van der Waals surface area contributed by atoms with Crippen molar-refractivity contribution >= 4 is 23.0 Å². The smallest absolute Gasteiger partial charge is 0.222 e. The van der Waals surface area contributed by atoms with E-state index in [1.54, 1.807) is 19.4 Å². The fraction of sp³-hybridized carbons (Fsp3) is 0.450. The van der Waals surface area contributed by atoms with Crippen molar-refractivity contribution in [2.45, 2.75) is 37.5 Å². The zero-order valence-electron chi connectivity index (χ0n) is 15.9. The lowest BCUT2D eigenvalue weighted by Gasteiger charge is -2.33. The molecule has 0 bridgehead atoms. The number of aromatic nitrogens is 2. The van der Waals surface area contributed by atoms with E-state index in [0.717, 1.165) is 29.4 Å². The van der Waals surface area contributed by atoms with Crippen LogP contribution in [-0.4, -0.2) is 59.5 Å². The second-order valence-electron chi connectivity index (χ2n) is 6.71. The summed E-state index contributed by atoms with van der Waals surface area (Å²) in [6, 6.07) is 5.35. The Balaban J connectivity index is 1.70. The van der Waals surface area contributed by atoms with Crippen molar-refractivity contribution in [3.8, 4) is 5.88 Å². The lowest BCUT2D eigenvalue weighted by atomic mass is 9.96. The SMILES string of the molecule is COc1ccc2nccc(C=C[C@@H]3CC[C@@H](N)[C@@H](CC(=O)NCCO)O3)c2n1. The molecule has 3 heterocycles. The van der Waals surface area contributed by atoms with E-state index in [0.29, 0.717) is 5.88 Å². The monoisotopic (exact) mass is 386 g/mol. The summed E-state index contributed by atoms with van der Waals surface area (Å²) in [5, 5.41) is 11.4. The number of ether oxygens (including phenoxy) is 2. The second-order valence-corrected chi connectivity index (χ2v) is 6.71. The van der Waals surface area contributed by atoms with Crippen molar-refractivity contribution in [1.82, 2.24) is 15.3 Å². The van der Waals surface area contributed by atoms with Crippen molar-refractivity contribution in [3.05, 3.63) is 36.0 Å². The summed E-state index contributed by atoms with van der Waals surface area (Å²) >= 11 is 0. The van der Waals surface area contributed by atoms with Gasteiger partial charge in [-0.2, -0.15) is 0 Å². The van der Waals surface area contributed by atoms with Gasteiger partial charge in [0.2, 0.25) is 11.8 Å². The van der Waals surface area contributed by atoms with E-state index >= 15 is 0 Å². The van der Waals surface area contributed by atoms with Crippen LogP contribution in [0.15, 0.2) is 30.5 Å². The van der Waals surface area contributed by atoms with Crippen molar-refractivity contribution in [1.29, 1.82) is 0 Å². The predicted octanol–water partition coefficient (Wildman–Crippen LogP) is 1.03. The first-order valence-corrected chi connectivity index (χ1v) is 9.37. The van der Waals surface area contributed by atoms with Gasteiger partial charge in [-0.1, -0.05) is 12.2 Å². The van der Waals surface area contributed by atoms with Crippen LogP contribution in [0.1, 0.15) is 24.8 Å². The number of pyridine rings is 2. The number of aliphatic hydroxyl groups excluding tert-OH is 1. The van der Waals surface area contributed by atoms with Gasteiger partial charge in [-0.3, -0.25) is 9.78 Å². The number of hydrogen-bond donors (Lipinski definition) is 3. The number of nitrogens with two attached hydrogens (primary N) is 1. The number of rotatable bonds is 7. The molecule has 0 aliphatic carbocycles. The molecule has 1 aliphatic rings. The van der Waals surface area contributed by atoms with Crippen molar-refractivity contribution in [2.24, 2.45) is 5.73 Å². The zero-order chi connectivity index (χ0) is 19.9. The van der Waals surface area contributed by atoms with Gasteiger partial charge < -0.3 is 25.6 Å². The molecule has 4 N–H and O–H groups in total. The van der Waals surface area contributed by atoms with E-state index in [-0.39, 0.29) is 43.7 Å². The molecule has 8 nitrogen and oxygen atoms in total. The van der Waals surface area contributed by atoms with E-state index < -0.39 is 0 Å². The maximum atomic E-state index is 11.9. The average molecular weight is 386 g/mol. The Morgan fingerprint density at radius 2 is 2.29 bits per heavy atom. The Kier molecular flexibility index (Phi) is 6.91. The Morgan fingerprint density at radius 1 is 1.43 bits per heavy atom. The van der Waals surface area contributed by atoms with Gasteiger partial charge in [-0.15, -0.1) is 0 Å². The third-order valence-electron chi connectivity index (χ3n) is 4.72. The normalized spacial score (nSPS) is 22.5. The van der Waals surface area contributed by atoms with Crippen molar-refractivity contribution in [2.75, 3.05) is 20.3 Å². The van der Waals surface area contributed by atoms with E-state index in [9.17, 15) is 4.79 Å². The lowest BCUT2D eigenvalue weighted by molar-refractivity contribution is -0.127. The number of fused-ring (bicyclic) bond motifs is 1. The van der Waals surface area contributed by atoms with Crippen LogP contribution in [0.5, 0.6) is 5.88 Å². The van der Waals surface area contributed by atoms with Gasteiger partial charge in [0.25, 0.3) is 0 Å². The van der Waals surface area contributed by atoms with E-state index in [1.807, 2.05) is 24.3 Å². The van der Waals surface area contributed by atoms with E-state index in [4.69, 9.17) is 20.3 Å². The van der Waals surface area contributed by atoms with Crippen LogP contribution < -0.4 is 15.8 Å². The van der Waals surface area contributed by atoms with Crippen molar-refractivity contribution < 1.29 is 19.4 Å². The summed E-state index contributed by atoms with van der Waals surface area (Å²) in [7, 11) is 1.58. The average Bonchev–Trinajstić information content (AvgIpc) is 2.72. The molecule has 1 saturated heterocycles. The van der Waals surface area contributed by atoms with Crippen LogP contribution in [0.2, 0.25) is 0 Å². The zero-order valence-corrected chi connectivity index (χ0v) is 15.9. The summed E-state index contributed by atoms with van der Waals surface area (Å²) in [6.07, 6.45) is 6.92. The molecule has 2 aromatic rings. The minimum absolute atomic E-state index is 0.0899. The largest absolute Gasteiger partial charge is 0.481 e. The van der Waals surface area contributed by atoms with Gasteiger partial charge in [0.05, 0.1) is 43.4 Å². The topological polar surface area (TPSA) is 120 Å². The molecule has 1 aliphatic heterocycles. The first kappa shape index (κ1) is 20.2. The first-order valence-electron chi connectivity index (χ1n) is 9.37. The summed E-state index contributed by atoms with van der Waals surface area (Å²) < 4.78 is 11.2. The quantitative estimate of drug-likeness (QED) is 0.650. The van der Waals surface area contributed by atoms with Gasteiger partial charge in [-0.05, 0) is 25.0 Å². The van der Waals surface area contributed by atoms with Gasteiger partial charge in [0.15, 0.2) is 0 Å². The van der Waals surface area contributed by atoms with Crippen LogP contribution >= 0.6 is 0 Å². The van der Waals surface area contributed by atoms with Gasteiger partial charge in [0, 0.05) is 30.4 Å². The van der Waals surface area contributed by atoms with Gasteiger partial charge in [-0.25, -0.2) is 4.98 Å². The Hall–Kier alpha value is -2.55. The van der Waals surface area contributed by atoms with Crippen LogP contribution in [0.4, 0.5) is 0 Å². The number of methoxy groups -OCH3 is 1. The Bertz CT molecular complexity index is 842. The molecular weight excluding hydrogens is 360 g/mol. The predicted molar refractivity (Wildman–Crippen MR) is 106 cm³/mol. The Labute approximate surface area is 163 Å². The highest BCUT2D eigenvalue weighted by atomic mass is 16.5. The second kappa shape index (κ2) is 9.59. The lowest BCUT2D eigenvalue weighted by Crippen LogP contribution is -2.46. The number of nitrogens with zero attached hydrogens (tertiary/aromatic N) is 2. The molecule has 0 aromatic carbocycles. The molecule has 2 aromatic heterocycles. The van der Waals surface area contributed by atoms with Crippen molar-refractivity contribution in [3.63, 3.8) is 0 Å². The minimum atomic E-state index is -0.352.